The molecule has 0 radical (unpaired) electrons. The number of ether oxygens (including phenoxy) is 1. The van der Waals surface area contributed by atoms with Crippen molar-refractivity contribution in [3.8, 4) is 0 Å². The van der Waals surface area contributed by atoms with Crippen molar-refractivity contribution >= 4 is 5.69 Å². The fourth-order valence-corrected chi connectivity index (χ4v) is 3.00. The highest BCUT2D eigenvalue weighted by molar-refractivity contribution is 5.51. The topological polar surface area (TPSA) is 33.3 Å². The molecule has 0 spiro atoms. The molecule has 0 aromatic heterocycles. The number of nitrogens with one attached hydrogen (secondary N) is 2. The first kappa shape index (κ1) is 15.3. The second kappa shape index (κ2) is 8.28. The van der Waals surface area contributed by atoms with Crippen LogP contribution in [-0.2, 0) is 11.3 Å². The molecule has 0 bridgehead atoms. The molecule has 2 atom stereocenters. The van der Waals surface area contributed by atoms with Gasteiger partial charge < -0.3 is 15.4 Å². The second-order valence-electron chi connectivity index (χ2n) is 5.87. The van der Waals surface area contributed by atoms with Crippen molar-refractivity contribution < 1.29 is 4.74 Å². The summed E-state index contributed by atoms with van der Waals surface area (Å²) in [5, 5.41) is 7.32. The average Bonchev–Trinajstić information content (AvgIpc) is 2.70. The van der Waals surface area contributed by atoms with Crippen molar-refractivity contribution in [2.45, 2.75) is 57.7 Å². The predicted molar refractivity (Wildman–Crippen MR) is 85.1 cm³/mol. The van der Waals surface area contributed by atoms with Crippen molar-refractivity contribution in [2.24, 2.45) is 0 Å². The van der Waals surface area contributed by atoms with Gasteiger partial charge in [0.1, 0.15) is 0 Å². The Morgan fingerprint density at radius 3 is 3.00 bits per heavy atom. The fourth-order valence-electron chi connectivity index (χ4n) is 3.00. The standard InChI is InChI=1S/C17H28N2O/c1-14(12-16-9-4-3-7-11-18-16)19-17-10-6-5-8-15(17)13-20-2/h5-6,8,10,14,16,18-19H,3-4,7,9,11-13H2,1-2H3. The van der Waals surface area contributed by atoms with Crippen LogP contribution in [0.25, 0.3) is 0 Å². The van der Waals surface area contributed by atoms with Crippen LogP contribution in [0.4, 0.5) is 5.69 Å². The molecule has 112 valence electrons. The molecule has 1 saturated heterocycles. The van der Waals surface area contributed by atoms with Crippen LogP contribution in [0.5, 0.6) is 0 Å². The Hall–Kier alpha value is -1.06. The maximum atomic E-state index is 5.26. The molecule has 1 heterocycles. The van der Waals surface area contributed by atoms with Crippen molar-refractivity contribution in [3.63, 3.8) is 0 Å². The summed E-state index contributed by atoms with van der Waals surface area (Å²) in [6.45, 7) is 4.12. The van der Waals surface area contributed by atoms with Crippen molar-refractivity contribution in [3.05, 3.63) is 29.8 Å². The zero-order valence-electron chi connectivity index (χ0n) is 12.8. The van der Waals surface area contributed by atoms with Crippen molar-refractivity contribution in [1.82, 2.24) is 5.32 Å². The summed E-state index contributed by atoms with van der Waals surface area (Å²) in [5.41, 5.74) is 2.44. The molecular weight excluding hydrogens is 248 g/mol. The van der Waals surface area contributed by atoms with E-state index >= 15 is 0 Å². The highest BCUT2D eigenvalue weighted by Crippen LogP contribution is 2.19. The maximum absolute atomic E-state index is 5.26. The minimum absolute atomic E-state index is 0.476. The van der Waals surface area contributed by atoms with Gasteiger partial charge in [0.25, 0.3) is 0 Å². The molecule has 1 aromatic rings. The molecule has 2 N–H and O–H groups in total. The van der Waals surface area contributed by atoms with Gasteiger partial charge in [-0.3, -0.25) is 0 Å². The van der Waals surface area contributed by atoms with Gasteiger partial charge in [0.2, 0.25) is 0 Å². The summed E-state index contributed by atoms with van der Waals surface area (Å²) >= 11 is 0. The summed E-state index contributed by atoms with van der Waals surface area (Å²) < 4.78 is 5.26. The average molecular weight is 276 g/mol. The Labute approximate surface area is 123 Å². The first-order valence-corrected chi connectivity index (χ1v) is 7.86. The predicted octanol–water partition coefficient (Wildman–Crippen LogP) is 3.56. The molecule has 1 fully saturated rings. The number of hydrogen-bond acceptors (Lipinski definition) is 3. The number of para-hydroxylation sites is 1. The van der Waals surface area contributed by atoms with E-state index in [1.165, 1.54) is 49.9 Å². The largest absolute Gasteiger partial charge is 0.382 e. The number of anilines is 1. The molecule has 0 saturated carbocycles. The lowest BCUT2D eigenvalue weighted by molar-refractivity contribution is 0.185. The molecule has 20 heavy (non-hydrogen) atoms. The highest BCUT2D eigenvalue weighted by Gasteiger charge is 2.15. The Morgan fingerprint density at radius 1 is 1.30 bits per heavy atom. The van der Waals surface area contributed by atoms with Crippen LogP contribution in [0.15, 0.2) is 24.3 Å². The van der Waals surface area contributed by atoms with E-state index < -0.39 is 0 Å². The van der Waals surface area contributed by atoms with E-state index in [4.69, 9.17) is 4.74 Å². The van der Waals surface area contributed by atoms with Gasteiger partial charge in [0.05, 0.1) is 6.61 Å². The molecule has 3 heteroatoms. The molecule has 2 unspecified atom stereocenters. The number of benzene rings is 1. The fraction of sp³-hybridized carbons (Fsp3) is 0.647. The molecule has 0 aliphatic carbocycles. The van der Waals surface area contributed by atoms with E-state index in [0.29, 0.717) is 18.7 Å². The smallest absolute Gasteiger partial charge is 0.0733 e. The molecule has 1 aromatic carbocycles. The van der Waals surface area contributed by atoms with Gasteiger partial charge in [-0.05, 0) is 38.8 Å². The minimum Gasteiger partial charge on any atom is -0.382 e. The van der Waals surface area contributed by atoms with Crippen LogP contribution in [-0.4, -0.2) is 25.7 Å². The van der Waals surface area contributed by atoms with Crippen molar-refractivity contribution in [2.75, 3.05) is 19.0 Å². The first-order valence-electron chi connectivity index (χ1n) is 7.86. The summed E-state index contributed by atoms with van der Waals surface area (Å²) in [6, 6.07) is 9.56. The Kier molecular flexibility index (Phi) is 6.34. The van der Waals surface area contributed by atoms with Crippen molar-refractivity contribution in [1.29, 1.82) is 0 Å². The minimum atomic E-state index is 0.476. The quantitative estimate of drug-likeness (QED) is 0.833. The Morgan fingerprint density at radius 2 is 2.15 bits per heavy atom. The summed E-state index contributed by atoms with van der Waals surface area (Å²) in [6.07, 6.45) is 6.56. The molecule has 0 amide bonds. The van der Waals surface area contributed by atoms with Gasteiger partial charge in [0, 0.05) is 30.4 Å². The third-order valence-corrected chi connectivity index (χ3v) is 4.02. The number of rotatable bonds is 6. The normalized spacial score (nSPS) is 21.2. The van der Waals surface area contributed by atoms with E-state index in [1.807, 2.05) is 0 Å². The first-order chi connectivity index (χ1) is 9.79. The SMILES string of the molecule is COCc1ccccc1NC(C)CC1CCCCCN1. The summed E-state index contributed by atoms with van der Waals surface area (Å²) in [4.78, 5) is 0. The van der Waals surface area contributed by atoms with Gasteiger partial charge in [-0.25, -0.2) is 0 Å². The van der Waals surface area contributed by atoms with E-state index in [9.17, 15) is 0 Å². The lowest BCUT2D eigenvalue weighted by Gasteiger charge is -2.23. The van der Waals surface area contributed by atoms with E-state index in [1.54, 1.807) is 7.11 Å². The molecule has 3 nitrogen and oxygen atoms in total. The number of hydrogen-bond donors (Lipinski definition) is 2. The van der Waals surface area contributed by atoms with E-state index in [-0.39, 0.29) is 0 Å². The number of methoxy groups -OCH3 is 1. The monoisotopic (exact) mass is 276 g/mol. The molecule has 2 rings (SSSR count). The van der Waals surface area contributed by atoms with Crippen LogP contribution >= 0.6 is 0 Å². The van der Waals surface area contributed by atoms with Gasteiger partial charge >= 0.3 is 0 Å². The third kappa shape index (κ3) is 4.80. The van der Waals surface area contributed by atoms with E-state index in [2.05, 4.69) is 41.8 Å². The third-order valence-electron chi connectivity index (χ3n) is 4.02. The lowest BCUT2D eigenvalue weighted by Crippen LogP contribution is -2.33. The highest BCUT2D eigenvalue weighted by atomic mass is 16.5. The molecule has 1 aliphatic heterocycles. The summed E-state index contributed by atoms with van der Waals surface area (Å²) in [7, 11) is 1.75. The molecular formula is C17H28N2O. The van der Waals surface area contributed by atoms with Crippen LogP contribution in [0.2, 0.25) is 0 Å². The molecule has 1 aliphatic rings. The summed E-state index contributed by atoms with van der Waals surface area (Å²) in [5.74, 6) is 0. The van der Waals surface area contributed by atoms with Crippen LogP contribution in [0.3, 0.4) is 0 Å². The zero-order chi connectivity index (χ0) is 14.2. The maximum Gasteiger partial charge on any atom is 0.0733 e. The van der Waals surface area contributed by atoms with Crippen LogP contribution < -0.4 is 10.6 Å². The van der Waals surface area contributed by atoms with Gasteiger partial charge in [-0.15, -0.1) is 0 Å². The second-order valence-corrected chi connectivity index (χ2v) is 5.87. The van der Waals surface area contributed by atoms with Gasteiger partial charge in [-0.2, -0.15) is 0 Å². The van der Waals surface area contributed by atoms with Crippen LogP contribution in [0, 0.1) is 0 Å². The Bertz CT molecular complexity index is 386. The lowest BCUT2D eigenvalue weighted by atomic mass is 10.0. The van der Waals surface area contributed by atoms with Gasteiger partial charge in [0.15, 0.2) is 0 Å². The van der Waals surface area contributed by atoms with E-state index in [0.717, 1.165) is 0 Å². The Balaban J connectivity index is 1.88. The van der Waals surface area contributed by atoms with Gasteiger partial charge in [-0.1, -0.05) is 31.0 Å². The zero-order valence-corrected chi connectivity index (χ0v) is 12.8. The van der Waals surface area contributed by atoms with Crippen LogP contribution in [0.1, 0.15) is 44.6 Å².